The average Bonchev–Trinajstić information content (AvgIpc) is 2.19. The number of hydrogen-bond donors (Lipinski definition) is 1. The Labute approximate surface area is 92.9 Å². The maximum atomic E-state index is 5.69. The zero-order valence-corrected chi connectivity index (χ0v) is 9.99. The van der Waals surface area contributed by atoms with Crippen LogP contribution < -0.4 is 5.73 Å². The maximum Gasteiger partial charge on any atom is 0.0721 e. The zero-order chi connectivity index (χ0) is 10.6. The quantitative estimate of drug-likeness (QED) is 0.840. The van der Waals surface area contributed by atoms with Gasteiger partial charge in [-0.3, -0.25) is 0 Å². The molecule has 0 saturated carbocycles. The van der Waals surface area contributed by atoms with Gasteiger partial charge in [-0.05, 0) is 17.7 Å². The molecule has 4 heteroatoms. The van der Waals surface area contributed by atoms with Gasteiger partial charge < -0.3 is 10.6 Å². The summed E-state index contributed by atoms with van der Waals surface area (Å²) in [5, 5.41) is 1.75. The van der Waals surface area contributed by atoms with Crippen LogP contribution >= 0.6 is 15.9 Å². The van der Waals surface area contributed by atoms with E-state index < -0.39 is 0 Å². The highest BCUT2D eigenvalue weighted by atomic mass is 79.9. The van der Waals surface area contributed by atoms with E-state index in [1.165, 1.54) is 0 Å². The molecule has 0 amide bonds. The van der Waals surface area contributed by atoms with E-state index in [2.05, 4.69) is 15.9 Å². The van der Waals surface area contributed by atoms with Gasteiger partial charge >= 0.3 is 0 Å². The number of nitrogens with zero attached hydrogens (tertiary/aromatic N) is 1. The Morgan fingerprint density at radius 3 is 2.79 bits per heavy atom. The van der Waals surface area contributed by atoms with Crippen LogP contribution in [0.2, 0.25) is 0 Å². The monoisotopic (exact) mass is 258 g/mol. The molecule has 3 nitrogen and oxygen atoms in total. The Morgan fingerprint density at radius 2 is 2.29 bits per heavy atom. The van der Waals surface area contributed by atoms with E-state index in [0.29, 0.717) is 6.54 Å². The molecule has 78 valence electrons. The highest BCUT2D eigenvalue weighted by molar-refractivity contribution is 9.10. The Bertz CT molecular complexity index is 293. The van der Waals surface area contributed by atoms with Crippen LogP contribution in [0.3, 0.4) is 0 Å². The van der Waals surface area contributed by atoms with Crippen molar-refractivity contribution < 1.29 is 4.84 Å². The SMILES string of the molecule is CON(C)C(CN)c1cccc(Br)c1. The van der Waals surface area contributed by atoms with Gasteiger partial charge in [-0.1, -0.05) is 28.1 Å². The molecule has 0 heterocycles. The van der Waals surface area contributed by atoms with Gasteiger partial charge in [0.25, 0.3) is 0 Å². The first-order valence-corrected chi connectivity index (χ1v) is 5.20. The van der Waals surface area contributed by atoms with Crippen molar-refractivity contribution in [3.63, 3.8) is 0 Å². The van der Waals surface area contributed by atoms with Crippen LogP contribution in [0.4, 0.5) is 0 Å². The predicted octanol–water partition coefficient (Wildman–Crippen LogP) is 1.94. The lowest BCUT2D eigenvalue weighted by atomic mass is 10.1. The van der Waals surface area contributed by atoms with Crippen molar-refractivity contribution in [2.75, 3.05) is 20.7 Å². The molecule has 0 aliphatic carbocycles. The summed E-state index contributed by atoms with van der Waals surface area (Å²) in [6.45, 7) is 0.529. The number of hydrogen-bond acceptors (Lipinski definition) is 3. The van der Waals surface area contributed by atoms with Crippen LogP contribution in [0.1, 0.15) is 11.6 Å². The molecule has 1 atom stereocenters. The molecule has 0 aliphatic rings. The maximum absolute atomic E-state index is 5.69. The van der Waals surface area contributed by atoms with Crippen molar-refractivity contribution in [3.8, 4) is 0 Å². The minimum Gasteiger partial charge on any atom is -0.329 e. The molecule has 0 fully saturated rings. The number of nitrogens with two attached hydrogens (primary N) is 1. The van der Waals surface area contributed by atoms with Crippen LogP contribution in [-0.2, 0) is 4.84 Å². The van der Waals surface area contributed by atoms with Crippen molar-refractivity contribution in [2.24, 2.45) is 5.73 Å². The zero-order valence-electron chi connectivity index (χ0n) is 8.40. The summed E-state index contributed by atoms with van der Waals surface area (Å²) in [4.78, 5) is 5.14. The summed E-state index contributed by atoms with van der Waals surface area (Å²) in [5.74, 6) is 0. The molecule has 0 aliphatic heterocycles. The lowest BCUT2D eigenvalue weighted by Gasteiger charge is -2.24. The lowest BCUT2D eigenvalue weighted by Crippen LogP contribution is -2.29. The minimum absolute atomic E-state index is 0.0949. The van der Waals surface area contributed by atoms with E-state index in [4.69, 9.17) is 10.6 Å². The van der Waals surface area contributed by atoms with Gasteiger partial charge in [-0.2, -0.15) is 5.06 Å². The van der Waals surface area contributed by atoms with Crippen molar-refractivity contribution in [1.82, 2.24) is 5.06 Å². The topological polar surface area (TPSA) is 38.5 Å². The normalized spacial score (nSPS) is 13.2. The molecular formula is C10H15BrN2O. The molecule has 1 aromatic rings. The number of benzene rings is 1. The van der Waals surface area contributed by atoms with Gasteiger partial charge in [0.2, 0.25) is 0 Å². The van der Waals surface area contributed by atoms with Gasteiger partial charge in [-0.15, -0.1) is 0 Å². The van der Waals surface area contributed by atoms with E-state index in [1.54, 1.807) is 12.2 Å². The fourth-order valence-electron chi connectivity index (χ4n) is 1.34. The standard InChI is InChI=1S/C10H15BrN2O/c1-13(14-2)10(7-12)8-4-3-5-9(11)6-8/h3-6,10H,7,12H2,1-2H3. The second-order valence-corrected chi connectivity index (χ2v) is 3.95. The third-order valence-electron chi connectivity index (χ3n) is 2.18. The van der Waals surface area contributed by atoms with Gasteiger partial charge in [0.1, 0.15) is 0 Å². The first kappa shape index (κ1) is 11.7. The highest BCUT2D eigenvalue weighted by Crippen LogP contribution is 2.21. The Morgan fingerprint density at radius 1 is 1.57 bits per heavy atom. The Balaban J connectivity index is 2.89. The largest absolute Gasteiger partial charge is 0.329 e. The number of hydroxylamine groups is 2. The summed E-state index contributed by atoms with van der Waals surface area (Å²) < 4.78 is 1.05. The first-order chi connectivity index (χ1) is 6.69. The van der Waals surface area contributed by atoms with Crippen molar-refractivity contribution in [3.05, 3.63) is 34.3 Å². The van der Waals surface area contributed by atoms with Crippen molar-refractivity contribution in [2.45, 2.75) is 6.04 Å². The third kappa shape index (κ3) is 2.78. The van der Waals surface area contributed by atoms with Gasteiger partial charge in [0, 0.05) is 18.1 Å². The molecule has 0 aromatic heterocycles. The van der Waals surface area contributed by atoms with Crippen molar-refractivity contribution in [1.29, 1.82) is 0 Å². The first-order valence-electron chi connectivity index (χ1n) is 4.41. The average molecular weight is 259 g/mol. The molecule has 0 saturated heterocycles. The summed E-state index contributed by atoms with van der Waals surface area (Å²) in [6, 6.07) is 8.16. The summed E-state index contributed by atoms with van der Waals surface area (Å²) in [5.41, 5.74) is 6.84. The molecular weight excluding hydrogens is 244 g/mol. The molecule has 1 unspecified atom stereocenters. The Kier molecular flexibility index (Phi) is 4.54. The van der Waals surface area contributed by atoms with Crippen LogP contribution in [0.15, 0.2) is 28.7 Å². The van der Waals surface area contributed by atoms with E-state index in [1.807, 2.05) is 31.3 Å². The third-order valence-corrected chi connectivity index (χ3v) is 2.68. The van der Waals surface area contributed by atoms with Crippen LogP contribution in [0, 0.1) is 0 Å². The second kappa shape index (κ2) is 5.46. The van der Waals surface area contributed by atoms with E-state index in [9.17, 15) is 0 Å². The molecule has 0 bridgehead atoms. The predicted molar refractivity (Wildman–Crippen MR) is 60.7 cm³/mol. The van der Waals surface area contributed by atoms with Crippen molar-refractivity contribution >= 4 is 15.9 Å². The fourth-order valence-corrected chi connectivity index (χ4v) is 1.75. The molecule has 14 heavy (non-hydrogen) atoms. The van der Waals surface area contributed by atoms with E-state index >= 15 is 0 Å². The number of rotatable bonds is 4. The van der Waals surface area contributed by atoms with Crippen LogP contribution in [0.25, 0.3) is 0 Å². The minimum atomic E-state index is 0.0949. The van der Waals surface area contributed by atoms with Gasteiger partial charge in [-0.25, -0.2) is 0 Å². The van der Waals surface area contributed by atoms with E-state index in [0.717, 1.165) is 10.0 Å². The van der Waals surface area contributed by atoms with Crippen LogP contribution in [0.5, 0.6) is 0 Å². The van der Waals surface area contributed by atoms with E-state index in [-0.39, 0.29) is 6.04 Å². The van der Waals surface area contributed by atoms with Gasteiger partial charge in [0.15, 0.2) is 0 Å². The summed E-state index contributed by atoms with van der Waals surface area (Å²) in [7, 11) is 3.51. The molecule has 1 aromatic carbocycles. The number of halogens is 1. The smallest absolute Gasteiger partial charge is 0.0721 e. The molecule has 0 spiro atoms. The molecule has 2 N–H and O–H groups in total. The number of likely N-dealkylation sites (N-methyl/N-ethyl adjacent to an activating group) is 1. The fraction of sp³-hybridized carbons (Fsp3) is 0.400. The lowest BCUT2D eigenvalue weighted by molar-refractivity contribution is -0.140. The highest BCUT2D eigenvalue weighted by Gasteiger charge is 2.14. The summed E-state index contributed by atoms with van der Waals surface area (Å²) in [6.07, 6.45) is 0. The molecule has 0 radical (unpaired) electrons. The second-order valence-electron chi connectivity index (χ2n) is 3.04. The molecule has 1 rings (SSSR count). The summed E-state index contributed by atoms with van der Waals surface area (Å²) >= 11 is 3.43. The Hall–Kier alpha value is -0.420. The van der Waals surface area contributed by atoms with Crippen LogP contribution in [-0.4, -0.2) is 25.8 Å². The van der Waals surface area contributed by atoms with Gasteiger partial charge in [0.05, 0.1) is 13.2 Å².